The lowest BCUT2D eigenvalue weighted by atomic mass is 9.91. The summed E-state index contributed by atoms with van der Waals surface area (Å²) >= 11 is 0. The van der Waals surface area contributed by atoms with Crippen LogP contribution in [-0.4, -0.2) is 22.3 Å². The van der Waals surface area contributed by atoms with Gasteiger partial charge in [0.25, 0.3) is 5.91 Å². The maximum absolute atomic E-state index is 13.4. The molecule has 1 aromatic heterocycles. The molecule has 0 radical (unpaired) electrons. The van der Waals surface area contributed by atoms with Crippen LogP contribution in [0.15, 0.2) is 54.6 Å². The van der Waals surface area contributed by atoms with Crippen molar-refractivity contribution in [2.45, 2.75) is 32.2 Å². The number of aromatic nitrogens is 1. The maximum atomic E-state index is 13.4. The minimum Gasteiger partial charge on any atom is -0.356 e. The van der Waals surface area contributed by atoms with E-state index in [0.717, 1.165) is 36.9 Å². The van der Waals surface area contributed by atoms with Gasteiger partial charge < -0.3 is 9.88 Å². The van der Waals surface area contributed by atoms with Gasteiger partial charge in [-0.25, -0.2) is 0 Å². The molecule has 3 nitrogen and oxygen atoms in total. The Bertz CT molecular complexity index is 1140. The molecule has 0 spiro atoms. The predicted octanol–water partition coefficient (Wildman–Crippen LogP) is 3.47. The Morgan fingerprint density at radius 3 is 2.54 bits per heavy atom. The van der Waals surface area contributed by atoms with Crippen molar-refractivity contribution in [2.75, 3.05) is 6.54 Å². The Morgan fingerprint density at radius 1 is 1.00 bits per heavy atom. The largest absolute Gasteiger partial charge is 0.356 e. The van der Waals surface area contributed by atoms with Crippen molar-refractivity contribution in [2.24, 2.45) is 0 Å². The number of nitrogens with one attached hydrogen (secondary N) is 1. The first-order chi connectivity index (χ1) is 13.7. The molecule has 2 aromatic carbocycles. The molecule has 1 unspecified atom stereocenters. The number of H-pyrrole nitrogens is 1. The number of rotatable bonds is 2. The molecule has 2 aliphatic rings. The lowest BCUT2D eigenvalue weighted by Crippen LogP contribution is -2.41. The van der Waals surface area contributed by atoms with Crippen LogP contribution in [0.25, 0.3) is 12.2 Å². The van der Waals surface area contributed by atoms with Gasteiger partial charge in [-0.3, -0.25) is 4.79 Å². The number of benzene rings is 2. The zero-order valence-electron chi connectivity index (χ0n) is 16.1. The molecule has 0 saturated heterocycles. The molecule has 5 rings (SSSR count). The fraction of sp³-hybridized carbons (Fsp3) is 0.240. The van der Waals surface area contributed by atoms with Crippen molar-refractivity contribution in [1.82, 2.24) is 9.88 Å². The van der Waals surface area contributed by atoms with Gasteiger partial charge in [0.15, 0.2) is 0 Å². The van der Waals surface area contributed by atoms with Crippen molar-refractivity contribution in [1.29, 1.82) is 0 Å². The van der Waals surface area contributed by atoms with E-state index in [9.17, 15) is 4.79 Å². The summed E-state index contributed by atoms with van der Waals surface area (Å²) in [5.74, 6) is 0.0948. The highest BCUT2D eigenvalue weighted by Crippen LogP contribution is 2.34. The second-order valence-corrected chi connectivity index (χ2v) is 7.76. The Labute approximate surface area is 165 Å². The smallest absolute Gasteiger partial charge is 0.254 e. The Morgan fingerprint density at radius 2 is 1.75 bits per heavy atom. The topological polar surface area (TPSA) is 36.1 Å². The monoisotopic (exact) mass is 368 g/mol. The Kier molecular flexibility index (Phi) is 4.16. The van der Waals surface area contributed by atoms with E-state index in [1.54, 1.807) is 0 Å². The minimum atomic E-state index is -0.0792. The molecule has 1 N–H and O–H groups in total. The van der Waals surface area contributed by atoms with E-state index in [0.29, 0.717) is 0 Å². The molecule has 3 heteroatoms. The fourth-order valence-electron chi connectivity index (χ4n) is 4.53. The summed E-state index contributed by atoms with van der Waals surface area (Å²) in [6.45, 7) is 2.83. The quantitative estimate of drug-likeness (QED) is 0.739. The molecule has 0 bridgehead atoms. The van der Waals surface area contributed by atoms with Crippen LogP contribution in [0.5, 0.6) is 0 Å². The van der Waals surface area contributed by atoms with Crippen LogP contribution in [0.3, 0.4) is 0 Å². The van der Waals surface area contributed by atoms with E-state index in [1.807, 2.05) is 35.2 Å². The van der Waals surface area contributed by atoms with E-state index < -0.39 is 0 Å². The van der Waals surface area contributed by atoms with Gasteiger partial charge in [0.2, 0.25) is 0 Å². The Balaban J connectivity index is 1.67. The van der Waals surface area contributed by atoms with Gasteiger partial charge >= 0.3 is 0 Å². The number of fused-ring (bicyclic) bond motifs is 3. The summed E-state index contributed by atoms with van der Waals surface area (Å²) in [5.41, 5.74) is 5.70. The number of carbonyl (C=O) groups is 1. The maximum Gasteiger partial charge on any atom is 0.254 e. The molecule has 140 valence electrons. The van der Waals surface area contributed by atoms with Gasteiger partial charge in [-0.15, -0.1) is 0 Å². The van der Waals surface area contributed by atoms with Gasteiger partial charge in [-0.2, -0.15) is 0 Å². The molecule has 28 heavy (non-hydrogen) atoms. The zero-order chi connectivity index (χ0) is 19.1. The van der Waals surface area contributed by atoms with Crippen LogP contribution < -0.4 is 10.6 Å². The van der Waals surface area contributed by atoms with Crippen LogP contribution in [-0.2, 0) is 6.42 Å². The molecular weight excluding hydrogens is 344 g/mol. The van der Waals surface area contributed by atoms with E-state index in [1.165, 1.54) is 27.4 Å². The summed E-state index contributed by atoms with van der Waals surface area (Å²) in [6, 6.07) is 18.1. The standard InChI is InChI=1S/C25H24N2O/c1-17-11-13-18(14-12-17)24-23-21(20-9-5-6-10-22(20)26-23)15-16-27(24)25(28)19-7-3-2-4-8-19/h2-4,7-14,24,26H,5-6,15-16H2,1H3. The third kappa shape index (κ3) is 2.78. The molecule has 1 atom stereocenters. The summed E-state index contributed by atoms with van der Waals surface area (Å²) in [7, 11) is 0. The molecular formula is C25H24N2O. The van der Waals surface area contributed by atoms with Crippen LogP contribution in [0.1, 0.15) is 51.6 Å². The van der Waals surface area contributed by atoms with Crippen LogP contribution >= 0.6 is 0 Å². The molecule has 0 fully saturated rings. The van der Waals surface area contributed by atoms with Gasteiger partial charge in [-0.1, -0.05) is 60.2 Å². The minimum absolute atomic E-state index is 0.0792. The van der Waals surface area contributed by atoms with Crippen LogP contribution in [0.2, 0.25) is 0 Å². The van der Waals surface area contributed by atoms with E-state index in [4.69, 9.17) is 0 Å². The number of aryl methyl sites for hydroxylation is 1. The molecule has 0 saturated carbocycles. The number of nitrogens with zero attached hydrogens (tertiary/aromatic N) is 1. The number of hydrogen-bond acceptors (Lipinski definition) is 1. The van der Waals surface area contributed by atoms with Gasteiger partial charge in [0, 0.05) is 23.2 Å². The van der Waals surface area contributed by atoms with Crippen LogP contribution in [0, 0.1) is 6.92 Å². The number of amides is 1. The third-order valence-electron chi connectivity index (χ3n) is 5.94. The first kappa shape index (κ1) is 17.1. The predicted molar refractivity (Wildman–Crippen MR) is 112 cm³/mol. The lowest BCUT2D eigenvalue weighted by Gasteiger charge is -2.36. The van der Waals surface area contributed by atoms with Gasteiger partial charge in [0.1, 0.15) is 0 Å². The SMILES string of the molecule is Cc1ccc(C2c3[nH]c4c(c3CCN2C(=O)c2ccccc2)=CCCC=4)cc1. The lowest BCUT2D eigenvalue weighted by molar-refractivity contribution is 0.0691. The zero-order valence-corrected chi connectivity index (χ0v) is 16.1. The highest BCUT2D eigenvalue weighted by molar-refractivity contribution is 5.95. The average molecular weight is 368 g/mol. The number of aromatic amines is 1. The summed E-state index contributed by atoms with van der Waals surface area (Å²) in [5, 5.41) is 2.58. The van der Waals surface area contributed by atoms with E-state index in [-0.39, 0.29) is 11.9 Å². The average Bonchev–Trinajstić information content (AvgIpc) is 3.13. The summed E-state index contributed by atoms with van der Waals surface area (Å²) < 4.78 is 0. The molecule has 3 aromatic rings. The van der Waals surface area contributed by atoms with Crippen LogP contribution in [0.4, 0.5) is 0 Å². The van der Waals surface area contributed by atoms with E-state index >= 15 is 0 Å². The second kappa shape index (κ2) is 6.83. The molecule has 2 heterocycles. The Hall–Kier alpha value is -3.07. The first-order valence-electron chi connectivity index (χ1n) is 10.1. The number of hydrogen-bond donors (Lipinski definition) is 1. The normalized spacial score (nSPS) is 17.9. The highest BCUT2D eigenvalue weighted by Gasteiger charge is 2.34. The highest BCUT2D eigenvalue weighted by atomic mass is 16.2. The number of carbonyl (C=O) groups excluding carboxylic acids is 1. The van der Waals surface area contributed by atoms with Crippen molar-refractivity contribution in [3.05, 3.63) is 93.1 Å². The van der Waals surface area contributed by atoms with E-state index in [2.05, 4.69) is 48.3 Å². The summed E-state index contributed by atoms with van der Waals surface area (Å²) in [6.07, 6.45) is 7.72. The first-order valence-corrected chi connectivity index (χ1v) is 10.1. The molecule has 1 amide bonds. The van der Waals surface area contributed by atoms with Crippen molar-refractivity contribution < 1.29 is 4.79 Å². The van der Waals surface area contributed by atoms with Crippen molar-refractivity contribution in [3.8, 4) is 0 Å². The van der Waals surface area contributed by atoms with Gasteiger partial charge in [0.05, 0.1) is 6.04 Å². The van der Waals surface area contributed by atoms with Gasteiger partial charge in [-0.05, 0) is 54.7 Å². The summed E-state index contributed by atoms with van der Waals surface area (Å²) in [4.78, 5) is 19.1. The molecule has 1 aliphatic heterocycles. The van der Waals surface area contributed by atoms with Crippen molar-refractivity contribution in [3.63, 3.8) is 0 Å². The second-order valence-electron chi connectivity index (χ2n) is 7.76. The molecule has 1 aliphatic carbocycles. The van der Waals surface area contributed by atoms with Crippen molar-refractivity contribution >= 4 is 18.1 Å². The fourth-order valence-corrected chi connectivity index (χ4v) is 4.53. The third-order valence-corrected chi connectivity index (χ3v) is 5.94.